The maximum Gasteiger partial charge on any atom is 0.490 e. The molecule has 45 heavy (non-hydrogen) atoms. The van der Waals surface area contributed by atoms with Crippen molar-refractivity contribution < 1.29 is 108 Å². The Morgan fingerprint density at radius 1 is 0.800 bits per heavy atom. The van der Waals surface area contributed by atoms with Crippen LogP contribution in [0.1, 0.15) is 6.23 Å². The summed E-state index contributed by atoms with van der Waals surface area (Å²) >= 11 is 0. The van der Waals surface area contributed by atoms with Crippen LogP contribution in [0.5, 0.6) is 0 Å². The number of fused-ring (bicyclic) bond motifs is 1. The normalized spacial score (nSPS) is 24.1. The minimum absolute atomic E-state index is 0.115. The van der Waals surface area contributed by atoms with Gasteiger partial charge in [-0.05, 0) is 0 Å². The van der Waals surface area contributed by atoms with Crippen molar-refractivity contribution in [1.29, 1.82) is 0 Å². The second-order valence-corrected chi connectivity index (χ2v) is 16.4. The lowest BCUT2D eigenvalue weighted by molar-refractivity contribution is -0.0503. The number of anilines is 1. The van der Waals surface area contributed by atoms with Crippen LogP contribution in [-0.2, 0) is 53.9 Å². The molecule has 3 rings (SSSR count). The van der Waals surface area contributed by atoms with Crippen LogP contribution >= 0.6 is 46.9 Å². The lowest BCUT2D eigenvalue weighted by Gasteiger charge is -2.19. The standard InChI is InChI=1S/C10H16N5O14P3.H5O10P3/c11-10-13-7-4(8(18)14-10)12-2-15(7)9-6(17)5(16)3(27-9)1-26-31(22,23)29-32(24,25)28-30(19,20)21;1-11(2,3)9-13(7,8)10-12(4,5)6/h2-3,5-6,9,16-17H,1H2,(H,22,23)(H,24,25)(H2,19,20,21)(H3,11,13,14,18);(H,7,8)(H2,1,2,3)(H2,4,5,6)/t3-,5-,6-,9-;/m1./s1. The Kier molecular flexibility index (Phi) is 12.6. The summed E-state index contributed by atoms with van der Waals surface area (Å²) in [4.78, 5) is 97.5. The Hall–Kier alpha value is -1.15. The highest BCUT2D eigenvalue weighted by atomic mass is 31.3. The number of nitrogen functional groups attached to an aromatic ring is 1. The molecule has 260 valence electrons. The average molecular weight is 781 g/mol. The molecule has 6 atom stereocenters. The molecule has 2 aromatic heterocycles. The van der Waals surface area contributed by atoms with Crippen molar-refractivity contribution in [3.63, 3.8) is 0 Å². The van der Waals surface area contributed by atoms with Gasteiger partial charge in [0, 0.05) is 0 Å². The van der Waals surface area contributed by atoms with Crippen molar-refractivity contribution in [1.82, 2.24) is 19.5 Å². The number of hydrogen-bond donors (Lipinski definition) is 13. The van der Waals surface area contributed by atoms with Crippen molar-refractivity contribution in [2.45, 2.75) is 24.5 Å². The molecule has 2 unspecified atom stereocenters. The fourth-order valence-electron chi connectivity index (χ4n) is 2.98. The number of phosphoric acid groups is 6. The fraction of sp³-hybridized carbons (Fsp3) is 0.500. The van der Waals surface area contributed by atoms with E-state index < -0.39 is 83.6 Å². The summed E-state index contributed by atoms with van der Waals surface area (Å²) in [5.74, 6) is -0.276. The van der Waals surface area contributed by atoms with Crippen LogP contribution < -0.4 is 11.3 Å². The van der Waals surface area contributed by atoms with E-state index in [2.05, 4.69) is 36.7 Å². The van der Waals surface area contributed by atoms with Gasteiger partial charge in [-0.1, -0.05) is 0 Å². The molecule has 2 aromatic rings. The minimum atomic E-state index is -5.73. The highest BCUT2D eigenvalue weighted by molar-refractivity contribution is 7.67. The summed E-state index contributed by atoms with van der Waals surface area (Å²) in [5, 5.41) is 20.4. The predicted octanol–water partition coefficient (Wildman–Crippen LogP) is -3.03. The van der Waals surface area contributed by atoms with Gasteiger partial charge in [-0.15, -0.1) is 0 Å². The van der Waals surface area contributed by atoms with Crippen molar-refractivity contribution in [3.8, 4) is 0 Å². The van der Waals surface area contributed by atoms with Gasteiger partial charge in [-0.25, -0.2) is 32.4 Å². The first-order valence-electron chi connectivity index (χ1n) is 10.4. The third-order valence-corrected chi connectivity index (χ3v) is 11.5. The van der Waals surface area contributed by atoms with E-state index in [1.165, 1.54) is 0 Å². The van der Waals surface area contributed by atoms with E-state index in [9.17, 15) is 47.3 Å². The van der Waals surface area contributed by atoms with Gasteiger partial charge in [0.05, 0.1) is 12.9 Å². The maximum atomic E-state index is 11.9. The molecular weight excluding hydrogens is 760 g/mol. The average Bonchev–Trinajstić information content (AvgIpc) is 3.28. The number of hydrogen-bond acceptors (Lipinski definition) is 18. The van der Waals surface area contributed by atoms with Crippen LogP contribution in [0.2, 0.25) is 0 Å². The predicted molar refractivity (Wildman–Crippen MR) is 134 cm³/mol. The third kappa shape index (κ3) is 13.1. The fourth-order valence-corrected chi connectivity index (χ4v) is 8.55. The van der Waals surface area contributed by atoms with Crippen LogP contribution in [0.25, 0.3) is 11.2 Å². The number of rotatable bonds is 12. The van der Waals surface area contributed by atoms with Gasteiger partial charge in [0.25, 0.3) is 5.56 Å². The number of imidazole rings is 1. The molecule has 1 fully saturated rings. The van der Waals surface area contributed by atoms with E-state index in [0.717, 1.165) is 10.9 Å². The number of aromatic nitrogens is 4. The topological polar surface area (TPSA) is 470 Å². The quantitative estimate of drug-likeness (QED) is 0.0952. The van der Waals surface area contributed by atoms with E-state index in [-0.39, 0.29) is 17.1 Å². The first-order chi connectivity index (χ1) is 20.0. The zero-order valence-corrected chi connectivity index (χ0v) is 26.3. The van der Waals surface area contributed by atoms with Gasteiger partial charge in [0.15, 0.2) is 17.4 Å². The number of nitrogens with zero attached hydrogens (tertiary/aromatic N) is 3. The van der Waals surface area contributed by atoms with Crippen LogP contribution in [-0.4, -0.2) is 98.7 Å². The molecule has 1 aliphatic heterocycles. The van der Waals surface area contributed by atoms with Gasteiger partial charge < -0.3 is 64.7 Å². The Labute approximate surface area is 245 Å². The van der Waals surface area contributed by atoms with Crippen LogP contribution in [0.4, 0.5) is 5.95 Å². The SMILES string of the molecule is Nc1nc2c(ncn2[C@@H]2O[C@H](COP(=O)(O)OP(=O)(O)OP(=O)(O)O)[C@@H](O)[C@H]2O)c(=O)[nH]1.O=P(O)(O)OP(=O)(O)OP(=O)(O)O. The first-order valence-corrected chi connectivity index (χ1v) is 19.5. The molecule has 0 aromatic carbocycles. The van der Waals surface area contributed by atoms with Crippen molar-refractivity contribution in [3.05, 3.63) is 16.7 Å². The molecule has 0 aliphatic carbocycles. The minimum Gasteiger partial charge on any atom is -0.387 e. The van der Waals surface area contributed by atoms with Gasteiger partial charge in [-0.3, -0.25) is 18.9 Å². The number of nitrogens with two attached hydrogens (primary N) is 1. The Bertz CT molecular complexity index is 1690. The molecule has 1 aliphatic rings. The van der Waals surface area contributed by atoms with Crippen molar-refractivity contribution in [2.24, 2.45) is 0 Å². The van der Waals surface area contributed by atoms with Gasteiger partial charge in [0.2, 0.25) is 5.95 Å². The summed E-state index contributed by atoms with van der Waals surface area (Å²) in [6.45, 7) is -1.01. The molecule has 0 amide bonds. The summed E-state index contributed by atoms with van der Waals surface area (Å²) < 4.78 is 88.0. The number of ether oxygens (including phenoxy) is 1. The number of aliphatic hydroxyl groups is 2. The maximum absolute atomic E-state index is 11.9. The molecule has 1 saturated heterocycles. The first kappa shape index (κ1) is 40.0. The largest absolute Gasteiger partial charge is 0.490 e. The number of aromatic amines is 1. The smallest absolute Gasteiger partial charge is 0.387 e. The van der Waals surface area contributed by atoms with E-state index >= 15 is 0 Å². The Morgan fingerprint density at radius 2 is 1.27 bits per heavy atom. The van der Waals surface area contributed by atoms with E-state index in [1.807, 2.05) is 0 Å². The molecule has 35 heteroatoms. The zero-order chi connectivity index (χ0) is 35.0. The van der Waals surface area contributed by atoms with E-state index in [0.29, 0.717) is 0 Å². The van der Waals surface area contributed by atoms with Crippen LogP contribution in [0.15, 0.2) is 11.1 Å². The summed E-state index contributed by atoms with van der Waals surface area (Å²) in [6, 6.07) is 0. The van der Waals surface area contributed by atoms with Crippen molar-refractivity contribution in [2.75, 3.05) is 12.3 Å². The second-order valence-electron chi connectivity index (χ2n) is 7.82. The second kappa shape index (κ2) is 14.1. The summed E-state index contributed by atoms with van der Waals surface area (Å²) in [5.41, 5.74) is 4.50. The highest BCUT2D eigenvalue weighted by Crippen LogP contribution is 2.66. The zero-order valence-electron chi connectivity index (χ0n) is 20.9. The molecule has 0 bridgehead atoms. The van der Waals surface area contributed by atoms with Crippen LogP contribution in [0.3, 0.4) is 0 Å². The van der Waals surface area contributed by atoms with Crippen molar-refractivity contribution >= 4 is 64.0 Å². The molecule has 0 saturated carbocycles. The van der Waals surface area contributed by atoms with Gasteiger partial charge in [0.1, 0.15) is 18.3 Å². The lowest BCUT2D eigenvalue weighted by Crippen LogP contribution is -2.33. The van der Waals surface area contributed by atoms with Crippen LogP contribution in [0, 0.1) is 0 Å². The Morgan fingerprint density at radius 3 is 1.73 bits per heavy atom. The monoisotopic (exact) mass is 781 g/mol. The van der Waals surface area contributed by atoms with Gasteiger partial charge >= 0.3 is 46.9 Å². The number of phosphoric ester groups is 1. The van der Waals surface area contributed by atoms with E-state index in [4.69, 9.17) is 49.6 Å². The summed E-state index contributed by atoms with van der Waals surface area (Å²) in [7, 11) is -32.9. The molecule has 29 nitrogen and oxygen atoms in total. The third-order valence-electron chi connectivity index (χ3n) is 4.30. The van der Waals surface area contributed by atoms with Gasteiger partial charge in [-0.2, -0.15) is 22.2 Å². The molecule has 14 N–H and O–H groups in total. The number of aliphatic hydroxyl groups excluding tert-OH is 2. The van der Waals surface area contributed by atoms with E-state index in [1.54, 1.807) is 0 Å². The molecule has 0 radical (unpaired) electrons. The Balaban J connectivity index is 0.000000459. The number of nitrogens with one attached hydrogen (secondary N) is 1. The molecular formula is C10H21N5O24P6. The highest BCUT2D eigenvalue weighted by Gasteiger charge is 2.47. The number of H-pyrrole nitrogens is 1. The molecule has 0 spiro atoms. The summed E-state index contributed by atoms with van der Waals surface area (Å²) in [6.07, 6.45) is -5.33. The molecule has 3 heterocycles. The lowest BCUT2D eigenvalue weighted by atomic mass is 10.1.